The number of alkyl halides is 1. The van der Waals surface area contributed by atoms with E-state index in [1.165, 1.54) is 4.68 Å². The van der Waals surface area contributed by atoms with Crippen LogP contribution in [0.3, 0.4) is 0 Å². The Bertz CT molecular complexity index is 899. The smallest absolute Gasteiger partial charge is 0.316 e. The van der Waals surface area contributed by atoms with Gasteiger partial charge in [-0.25, -0.2) is 8.51 Å². The van der Waals surface area contributed by atoms with Gasteiger partial charge in [0.2, 0.25) is 5.75 Å². The Morgan fingerprint density at radius 1 is 1.13 bits per heavy atom. The van der Waals surface area contributed by atoms with Gasteiger partial charge in [-0.1, -0.05) is 18.2 Å². The van der Waals surface area contributed by atoms with Gasteiger partial charge in [-0.15, -0.1) is 0 Å². The zero-order valence-electron chi connectivity index (χ0n) is 17.5. The highest BCUT2D eigenvalue weighted by Gasteiger charge is 2.26. The molecule has 0 amide bonds. The van der Waals surface area contributed by atoms with Crippen LogP contribution in [0.4, 0.5) is 10.1 Å². The van der Waals surface area contributed by atoms with Gasteiger partial charge in [0.1, 0.15) is 5.69 Å². The number of ether oxygens (including phenoxy) is 1. The van der Waals surface area contributed by atoms with E-state index >= 15 is 0 Å². The van der Waals surface area contributed by atoms with E-state index < -0.39 is 17.7 Å². The number of aromatic nitrogens is 2. The summed E-state index contributed by atoms with van der Waals surface area (Å²) in [7, 11) is -1.02. The summed E-state index contributed by atoms with van der Waals surface area (Å²) in [6.07, 6.45) is 2.57. The van der Waals surface area contributed by atoms with Crippen molar-refractivity contribution in [1.29, 1.82) is 0 Å². The van der Waals surface area contributed by atoms with Crippen molar-refractivity contribution < 1.29 is 13.3 Å². The van der Waals surface area contributed by atoms with Crippen LogP contribution in [0.1, 0.15) is 26.7 Å². The molecular weight excluding hydrogens is 407 g/mol. The summed E-state index contributed by atoms with van der Waals surface area (Å²) in [5, 5.41) is 4.43. The molecule has 1 unspecified atom stereocenters. The predicted octanol–water partition coefficient (Wildman–Crippen LogP) is 2.56. The molecule has 0 N–H and O–H groups in total. The molecule has 0 aliphatic carbocycles. The molecule has 0 radical (unpaired) electrons. The van der Waals surface area contributed by atoms with Crippen LogP contribution in [0, 0.1) is 0 Å². The summed E-state index contributed by atoms with van der Waals surface area (Å²) in [4.78, 5) is 15.2. The molecule has 9 heteroatoms. The molecule has 1 fully saturated rings. The number of hydrogen-bond acceptors (Lipinski definition) is 5. The van der Waals surface area contributed by atoms with E-state index in [0.29, 0.717) is 50.4 Å². The van der Waals surface area contributed by atoms with Crippen LogP contribution in [0.15, 0.2) is 41.3 Å². The van der Waals surface area contributed by atoms with Gasteiger partial charge < -0.3 is 9.64 Å². The van der Waals surface area contributed by atoms with Crippen molar-refractivity contribution in [2.24, 2.45) is 0 Å². The molecular formula is C21H29FN4O3S. The van der Waals surface area contributed by atoms with Crippen molar-refractivity contribution in [3.05, 3.63) is 46.9 Å². The van der Waals surface area contributed by atoms with Crippen molar-refractivity contribution in [2.75, 3.05) is 44.4 Å². The second kappa shape index (κ2) is 10.7. The first-order chi connectivity index (χ1) is 14.5. The van der Waals surface area contributed by atoms with Gasteiger partial charge in [0.15, 0.2) is 0 Å². The fraction of sp³-hybridized carbons (Fsp3) is 0.524. The highest BCUT2D eigenvalue weighted by atomic mass is 32.2. The Morgan fingerprint density at radius 3 is 2.47 bits per heavy atom. The molecule has 1 aromatic carbocycles. The van der Waals surface area contributed by atoms with Gasteiger partial charge in [-0.05, 0) is 38.8 Å². The van der Waals surface area contributed by atoms with E-state index in [4.69, 9.17) is 4.74 Å². The Morgan fingerprint density at radius 2 is 1.83 bits per heavy atom. The molecule has 1 aliphatic heterocycles. The zero-order chi connectivity index (χ0) is 21.5. The topological polar surface area (TPSA) is 67.7 Å². The van der Waals surface area contributed by atoms with Crippen molar-refractivity contribution in [3.8, 4) is 11.4 Å². The largest absolute Gasteiger partial charge is 0.486 e. The molecule has 0 saturated carbocycles. The molecule has 7 nitrogen and oxygen atoms in total. The summed E-state index contributed by atoms with van der Waals surface area (Å²) in [6, 6.07) is 9.17. The van der Waals surface area contributed by atoms with Crippen LogP contribution in [-0.2, 0) is 11.0 Å². The minimum absolute atomic E-state index is 0.0717. The number of nitrogens with zero attached hydrogens (tertiary/aromatic N) is 4. The van der Waals surface area contributed by atoms with Crippen molar-refractivity contribution in [3.63, 3.8) is 0 Å². The Labute approximate surface area is 179 Å². The molecule has 30 heavy (non-hydrogen) atoms. The third-order valence-electron chi connectivity index (χ3n) is 4.93. The van der Waals surface area contributed by atoms with Gasteiger partial charge in [-0.2, -0.15) is 9.78 Å². The van der Waals surface area contributed by atoms with Gasteiger partial charge in [0, 0.05) is 31.4 Å². The maximum atomic E-state index is 13.2. The van der Waals surface area contributed by atoms with E-state index in [9.17, 15) is 13.4 Å². The lowest BCUT2D eigenvalue weighted by Crippen LogP contribution is -2.48. The quantitative estimate of drug-likeness (QED) is 0.565. The Kier molecular flexibility index (Phi) is 7.98. The average Bonchev–Trinajstić information content (AvgIpc) is 2.77. The lowest BCUT2D eigenvalue weighted by atomic mass is 10.3. The lowest BCUT2D eigenvalue weighted by Gasteiger charge is -2.36. The van der Waals surface area contributed by atoms with Crippen LogP contribution in [0.5, 0.6) is 5.75 Å². The standard InChI is InChI=1S/C21H29FN4O3S/c1-17(2)30(28)25-13-11-24(12-14-25)19-16-23-26(18-8-4-3-5-9-18)21(27)20(19)29-15-7-6-10-22/h3-5,8-9,16-17H,6-7,10-15H2,1-2H3. The Balaban J connectivity index is 1.85. The summed E-state index contributed by atoms with van der Waals surface area (Å²) in [6.45, 7) is 6.25. The monoisotopic (exact) mass is 436 g/mol. The summed E-state index contributed by atoms with van der Waals surface area (Å²) in [5.74, 6) is 0.228. The number of anilines is 1. The first kappa shape index (κ1) is 22.4. The number of halogens is 1. The van der Waals surface area contributed by atoms with E-state index in [2.05, 4.69) is 5.10 Å². The molecule has 2 heterocycles. The lowest BCUT2D eigenvalue weighted by molar-refractivity contribution is 0.291. The highest BCUT2D eigenvalue weighted by molar-refractivity contribution is 7.83. The summed E-state index contributed by atoms with van der Waals surface area (Å²) in [5.41, 5.74) is 0.939. The summed E-state index contributed by atoms with van der Waals surface area (Å²) >= 11 is 0. The number of rotatable bonds is 9. The number of unbranched alkanes of at least 4 members (excludes halogenated alkanes) is 1. The second-order valence-electron chi connectivity index (χ2n) is 7.40. The van der Waals surface area contributed by atoms with Crippen molar-refractivity contribution in [2.45, 2.75) is 31.9 Å². The molecule has 1 aliphatic rings. The van der Waals surface area contributed by atoms with Crippen LogP contribution >= 0.6 is 0 Å². The first-order valence-corrected chi connectivity index (χ1v) is 11.5. The fourth-order valence-corrected chi connectivity index (χ4v) is 4.44. The number of para-hydroxylation sites is 1. The highest BCUT2D eigenvalue weighted by Crippen LogP contribution is 2.26. The van der Waals surface area contributed by atoms with Crippen LogP contribution in [0.25, 0.3) is 5.69 Å². The van der Waals surface area contributed by atoms with Gasteiger partial charge in [0.25, 0.3) is 0 Å². The average molecular weight is 437 g/mol. The van der Waals surface area contributed by atoms with Crippen molar-refractivity contribution in [1.82, 2.24) is 14.1 Å². The van der Waals surface area contributed by atoms with Gasteiger partial charge >= 0.3 is 5.56 Å². The molecule has 1 saturated heterocycles. The van der Waals surface area contributed by atoms with Crippen molar-refractivity contribution >= 4 is 16.7 Å². The first-order valence-electron chi connectivity index (χ1n) is 10.3. The Hall–Kier alpha value is -2.26. The maximum absolute atomic E-state index is 13.2. The third kappa shape index (κ3) is 5.26. The number of benzene rings is 1. The number of piperazine rings is 1. The van der Waals surface area contributed by atoms with Crippen LogP contribution < -0.4 is 15.2 Å². The van der Waals surface area contributed by atoms with Gasteiger partial charge in [0.05, 0.1) is 36.2 Å². The minimum atomic E-state index is -1.02. The van der Waals surface area contributed by atoms with E-state index in [-0.39, 0.29) is 23.2 Å². The molecule has 164 valence electrons. The molecule has 1 atom stereocenters. The minimum Gasteiger partial charge on any atom is -0.486 e. The van der Waals surface area contributed by atoms with E-state index in [0.717, 1.165) is 0 Å². The molecule has 3 rings (SSSR count). The molecule has 2 aromatic rings. The molecule has 1 aromatic heterocycles. The van der Waals surface area contributed by atoms with E-state index in [1.54, 1.807) is 18.3 Å². The van der Waals surface area contributed by atoms with Crippen LogP contribution in [-0.4, -0.2) is 63.0 Å². The predicted molar refractivity (Wildman–Crippen MR) is 118 cm³/mol. The zero-order valence-corrected chi connectivity index (χ0v) is 18.3. The van der Waals surface area contributed by atoms with E-state index in [1.807, 2.05) is 41.3 Å². The normalized spacial score (nSPS) is 16.1. The second-order valence-corrected chi connectivity index (χ2v) is 9.41. The van der Waals surface area contributed by atoms with Gasteiger partial charge in [-0.3, -0.25) is 9.18 Å². The molecule has 0 spiro atoms. The van der Waals surface area contributed by atoms with Crippen LogP contribution in [0.2, 0.25) is 0 Å². The maximum Gasteiger partial charge on any atom is 0.316 e. The molecule has 0 bridgehead atoms. The third-order valence-corrected chi connectivity index (χ3v) is 6.61. The fourth-order valence-electron chi connectivity index (χ4n) is 3.32. The summed E-state index contributed by atoms with van der Waals surface area (Å²) < 4.78 is 33.9. The number of hydrogen-bond donors (Lipinski definition) is 0. The SMILES string of the molecule is CC(C)S(=O)N1CCN(c2cnn(-c3ccccc3)c(=O)c2OCCCCF)CC1.